The maximum atomic E-state index is 10.8. The van der Waals surface area contributed by atoms with Crippen molar-refractivity contribution in [3.63, 3.8) is 0 Å². The maximum absolute atomic E-state index is 10.8. The fourth-order valence-electron chi connectivity index (χ4n) is 0.973. The van der Waals surface area contributed by atoms with Crippen molar-refractivity contribution in [2.24, 2.45) is 4.99 Å². The van der Waals surface area contributed by atoms with Crippen LogP contribution in [0.5, 0.6) is 0 Å². The SMILES string of the molecule is C=CCCC1=NC(=O)NC(=O)C1. The Balaban J connectivity index is 2.57. The average molecular weight is 166 g/mol. The number of imide groups is 1. The first-order chi connectivity index (χ1) is 5.72. The van der Waals surface area contributed by atoms with Gasteiger partial charge in [0.15, 0.2) is 0 Å². The van der Waals surface area contributed by atoms with Gasteiger partial charge in [-0.3, -0.25) is 10.1 Å². The van der Waals surface area contributed by atoms with E-state index in [1.54, 1.807) is 6.08 Å². The molecule has 1 aliphatic heterocycles. The number of urea groups is 1. The monoisotopic (exact) mass is 166 g/mol. The van der Waals surface area contributed by atoms with Crippen LogP contribution in [0.3, 0.4) is 0 Å². The van der Waals surface area contributed by atoms with Gasteiger partial charge in [0.25, 0.3) is 0 Å². The Labute approximate surface area is 70.4 Å². The number of nitrogens with zero attached hydrogens (tertiary/aromatic N) is 1. The van der Waals surface area contributed by atoms with Gasteiger partial charge in [-0.15, -0.1) is 6.58 Å². The van der Waals surface area contributed by atoms with Gasteiger partial charge < -0.3 is 0 Å². The molecule has 0 spiro atoms. The summed E-state index contributed by atoms with van der Waals surface area (Å²) in [5.41, 5.74) is 0.642. The van der Waals surface area contributed by atoms with Crippen molar-refractivity contribution >= 4 is 17.6 Å². The average Bonchev–Trinajstić information content (AvgIpc) is 1.99. The summed E-state index contributed by atoms with van der Waals surface area (Å²) in [5.74, 6) is -0.269. The van der Waals surface area contributed by atoms with E-state index < -0.39 is 6.03 Å². The molecule has 1 heterocycles. The Morgan fingerprint density at radius 1 is 1.58 bits per heavy atom. The Morgan fingerprint density at radius 2 is 2.33 bits per heavy atom. The highest BCUT2D eigenvalue weighted by molar-refractivity contribution is 6.14. The predicted octanol–water partition coefficient (Wildman–Crippen LogP) is 1.03. The molecule has 1 aliphatic rings. The fourth-order valence-corrected chi connectivity index (χ4v) is 0.973. The molecular formula is C8H10N2O2. The summed E-state index contributed by atoms with van der Waals surface area (Å²) in [5, 5.41) is 2.09. The molecule has 12 heavy (non-hydrogen) atoms. The summed E-state index contributed by atoms with van der Waals surface area (Å²) in [6.45, 7) is 3.54. The molecule has 1 N–H and O–H groups in total. The number of hydrogen-bond acceptors (Lipinski definition) is 2. The van der Waals surface area contributed by atoms with E-state index in [2.05, 4.69) is 16.9 Å². The first-order valence-electron chi connectivity index (χ1n) is 3.73. The first kappa shape index (κ1) is 8.64. The molecule has 0 aromatic rings. The van der Waals surface area contributed by atoms with Gasteiger partial charge in [-0.2, -0.15) is 0 Å². The number of carbonyl (C=O) groups excluding carboxylic acids is 2. The third-order valence-electron chi connectivity index (χ3n) is 1.51. The Hall–Kier alpha value is -1.45. The molecule has 0 aromatic carbocycles. The molecule has 1 rings (SSSR count). The topological polar surface area (TPSA) is 58.5 Å². The van der Waals surface area contributed by atoms with Crippen molar-refractivity contribution in [1.29, 1.82) is 0 Å². The van der Waals surface area contributed by atoms with Gasteiger partial charge >= 0.3 is 6.03 Å². The van der Waals surface area contributed by atoms with Gasteiger partial charge in [-0.1, -0.05) is 6.08 Å². The second kappa shape index (κ2) is 3.80. The minimum absolute atomic E-state index is 0.236. The lowest BCUT2D eigenvalue weighted by atomic mass is 10.1. The Morgan fingerprint density at radius 3 is 2.92 bits per heavy atom. The minimum atomic E-state index is -0.551. The standard InChI is InChI=1S/C8H10N2O2/c1-2-3-4-6-5-7(11)10-8(12)9-6/h2H,1,3-5H2,(H,10,11,12). The van der Waals surface area contributed by atoms with E-state index >= 15 is 0 Å². The van der Waals surface area contributed by atoms with Crippen molar-refractivity contribution < 1.29 is 9.59 Å². The molecular weight excluding hydrogens is 156 g/mol. The van der Waals surface area contributed by atoms with Crippen LogP contribution in [-0.2, 0) is 4.79 Å². The molecule has 4 nitrogen and oxygen atoms in total. The van der Waals surface area contributed by atoms with Crippen LogP contribution in [0.15, 0.2) is 17.6 Å². The van der Waals surface area contributed by atoms with Gasteiger partial charge in [0, 0.05) is 5.71 Å². The van der Waals surface area contributed by atoms with E-state index in [0.717, 1.165) is 6.42 Å². The number of nitrogens with one attached hydrogen (secondary N) is 1. The van der Waals surface area contributed by atoms with E-state index in [-0.39, 0.29) is 12.3 Å². The number of aliphatic imine (C=N–C) groups is 1. The van der Waals surface area contributed by atoms with Gasteiger partial charge in [-0.25, -0.2) is 9.79 Å². The van der Waals surface area contributed by atoms with Crippen molar-refractivity contribution in [2.45, 2.75) is 19.3 Å². The van der Waals surface area contributed by atoms with Crippen LogP contribution in [0.2, 0.25) is 0 Å². The van der Waals surface area contributed by atoms with Gasteiger partial charge in [0.05, 0.1) is 6.42 Å². The van der Waals surface area contributed by atoms with Crippen LogP contribution in [0.4, 0.5) is 4.79 Å². The maximum Gasteiger partial charge on any atom is 0.347 e. The zero-order valence-electron chi connectivity index (χ0n) is 6.67. The highest BCUT2D eigenvalue weighted by Crippen LogP contribution is 2.03. The fraction of sp³-hybridized carbons (Fsp3) is 0.375. The molecule has 0 saturated carbocycles. The summed E-state index contributed by atoms with van der Waals surface area (Å²) in [7, 11) is 0. The van der Waals surface area contributed by atoms with Gasteiger partial charge in [0.2, 0.25) is 5.91 Å². The molecule has 0 fully saturated rings. The van der Waals surface area contributed by atoms with E-state index in [1.807, 2.05) is 0 Å². The summed E-state index contributed by atoms with van der Waals surface area (Å²) in [4.78, 5) is 25.2. The lowest BCUT2D eigenvalue weighted by molar-refractivity contribution is -0.118. The molecule has 0 radical (unpaired) electrons. The summed E-state index contributed by atoms with van der Waals surface area (Å²) < 4.78 is 0. The highest BCUT2D eigenvalue weighted by Gasteiger charge is 2.16. The van der Waals surface area contributed by atoms with Crippen LogP contribution in [0, 0.1) is 0 Å². The van der Waals surface area contributed by atoms with E-state index in [9.17, 15) is 9.59 Å². The molecule has 0 unspecified atom stereocenters. The van der Waals surface area contributed by atoms with Crippen molar-refractivity contribution in [3.8, 4) is 0 Å². The van der Waals surface area contributed by atoms with E-state index in [4.69, 9.17) is 0 Å². The third kappa shape index (κ3) is 2.30. The lowest BCUT2D eigenvalue weighted by Gasteiger charge is -2.09. The van der Waals surface area contributed by atoms with Crippen LogP contribution in [0.1, 0.15) is 19.3 Å². The second-order valence-corrected chi connectivity index (χ2v) is 2.54. The zero-order chi connectivity index (χ0) is 8.97. The van der Waals surface area contributed by atoms with Crippen molar-refractivity contribution in [3.05, 3.63) is 12.7 Å². The van der Waals surface area contributed by atoms with Gasteiger partial charge in [-0.05, 0) is 12.8 Å². The van der Waals surface area contributed by atoms with E-state index in [1.165, 1.54) is 0 Å². The molecule has 0 atom stereocenters. The number of allylic oxidation sites excluding steroid dienone is 1. The normalized spacial score (nSPS) is 16.8. The first-order valence-corrected chi connectivity index (χ1v) is 3.73. The molecule has 64 valence electrons. The number of amides is 3. The Kier molecular flexibility index (Phi) is 2.74. The molecule has 0 bridgehead atoms. The summed E-state index contributed by atoms with van der Waals surface area (Å²) >= 11 is 0. The second-order valence-electron chi connectivity index (χ2n) is 2.54. The molecule has 3 amide bonds. The minimum Gasteiger partial charge on any atom is -0.276 e. The quantitative estimate of drug-likeness (QED) is 0.636. The number of hydrogen-bond donors (Lipinski definition) is 1. The van der Waals surface area contributed by atoms with Crippen molar-refractivity contribution in [2.75, 3.05) is 0 Å². The predicted molar refractivity (Wildman–Crippen MR) is 45.0 cm³/mol. The highest BCUT2D eigenvalue weighted by atomic mass is 16.2. The summed E-state index contributed by atoms with van der Waals surface area (Å²) in [6, 6.07) is -0.551. The van der Waals surface area contributed by atoms with Crippen LogP contribution in [0.25, 0.3) is 0 Å². The van der Waals surface area contributed by atoms with Crippen LogP contribution >= 0.6 is 0 Å². The zero-order valence-corrected chi connectivity index (χ0v) is 6.67. The van der Waals surface area contributed by atoms with Crippen LogP contribution < -0.4 is 5.32 Å². The number of rotatable bonds is 3. The molecule has 0 aliphatic carbocycles. The largest absolute Gasteiger partial charge is 0.347 e. The third-order valence-corrected chi connectivity index (χ3v) is 1.51. The van der Waals surface area contributed by atoms with Crippen LogP contribution in [-0.4, -0.2) is 17.6 Å². The van der Waals surface area contributed by atoms with Gasteiger partial charge in [0.1, 0.15) is 0 Å². The molecule has 0 aromatic heterocycles. The molecule has 0 saturated heterocycles. The number of carbonyl (C=O) groups is 2. The summed E-state index contributed by atoms with van der Waals surface area (Å²) in [6.07, 6.45) is 3.36. The lowest BCUT2D eigenvalue weighted by Crippen LogP contribution is -2.34. The molecule has 4 heteroatoms. The Bertz CT molecular complexity index is 256. The van der Waals surface area contributed by atoms with Crippen molar-refractivity contribution in [1.82, 2.24) is 5.32 Å². The van der Waals surface area contributed by atoms with E-state index in [0.29, 0.717) is 12.1 Å². The smallest absolute Gasteiger partial charge is 0.276 e.